The molecule has 1 fully saturated rings. The maximum Gasteiger partial charge on any atom is 0.338 e. The Morgan fingerprint density at radius 3 is 2.58 bits per heavy atom. The van der Waals surface area contributed by atoms with Gasteiger partial charge in [0.15, 0.2) is 5.17 Å². The number of ether oxygens (including phenoxy) is 1. The van der Waals surface area contributed by atoms with Crippen LogP contribution in [0.3, 0.4) is 0 Å². The molecule has 1 aliphatic carbocycles. The minimum absolute atomic E-state index is 0.000186. The molecule has 2 aliphatic heterocycles. The molecule has 1 N–H and O–H groups in total. The van der Waals surface area contributed by atoms with Crippen molar-refractivity contribution in [2.45, 2.75) is 52.0 Å². The fourth-order valence-electron chi connectivity index (χ4n) is 3.93. The fraction of sp³-hybridized carbons (Fsp3) is 0.458. The summed E-state index contributed by atoms with van der Waals surface area (Å²) in [6, 6.07) is 7.95. The Morgan fingerprint density at radius 2 is 1.97 bits per heavy atom. The molecule has 164 valence electrons. The minimum atomic E-state index is -0.396. The van der Waals surface area contributed by atoms with Crippen LogP contribution in [0.15, 0.2) is 51.6 Å². The predicted octanol–water partition coefficient (Wildman–Crippen LogP) is 4.47. The average molecular weight is 440 g/mol. The molecule has 1 aromatic carbocycles. The van der Waals surface area contributed by atoms with Gasteiger partial charge in [-0.3, -0.25) is 4.79 Å². The third kappa shape index (κ3) is 4.56. The summed E-state index contributed by atoms with van der Waals surface area (Å²) < 4.78 is 5.11. The Hall–Kier alpha value is -2.54. The van der Waals surface area contributed by atoms with Crippen molar-refractivity contribution in [1.29, 1.82) is 0 Å². The number of fused-ring (bicyclic) bond motifs is 1. The molecule has 3 aliphatic rings. The van der Waals surface area contributed by atoms with E-state index in [9.17, 15) is 9.59 Å². The normalized spacial score (nSPS) is 20.4. The Balaban J connectivity index is 1.66. The molecule has 0 spiro atoms. The van der Waals surface area contributed by atoms with Gasteiger partial charge in [0.1, 0.15) is 0 Å². The number of hydrogen-bond donors (Lipinski definition) is 1. The lowest BCUT2D eigenvalue weighted by atomic mass is 9.92. The van der Waals surface area contributed by atoms with Crippen molar-refractivity contribution in [3.8, 4) is 0 Å². The van der Waals surface area contributed by atoms with Gasteiger partial charge in [-0.1, -0.05) is 49.9 Å². The van der Waals surface area contributed by atoms with Crippen LogP contribution in [0.4, 0.5) is 0 Å². The van der Waals surface area contributed by atoms with Gasteiger partial charge in [0, 0.05) is 12.2 Å². The molecule has 1 unspecified atom stereocenters. The SMILES string of the molecule is COC(=O)C1=C(C)N=C2SC=C(CC(=O)NCC3CC3)N2C1c1ccc(C(C)C)cc1. The van der Waals surface area contributed by atoms with Crippen molar-refractivity contribution >= 4 is 28.8 Å². The molecule has 1 amide bonds. The number of benzene rings is 1. The van der Waals surface area contributed by atoms with Crippen molar-refractivity contribution in [1.82, 2.24) is 10.2 Å². The number of carbonyl (C=O) groups is 2. The molecule has 0 aromatic heterocycles. The number of esters is 1. The topological polar surface area (TPSA) is 71.0 Å². The molecular formula is C24H29N3O3S. The lowest BCUT2D eigenvalue weighted by Gasteiger charge is -2.36. The van der Waals surface area contributed by atoms with E-state index in [1.54, 1.807) is 0 Å². The van der Waals surface area contributed by atoms with E-state index in [1.165, 1.54) is 37.3 Å². The molecule has 31 heavy (non-hydrogen) atoms. The standard InChI is InChI=1S/C24H29N3O3S/c1-14(2)17-7-9-18(10-8-17)22-21(23(29)30-4)15(3)26-24-27(22)19(13-31-24)11-20(28)25-12-16-5-6-16/h7-10,13-14,16,22H,5-6,11-12H2,1-4H3,(H,25,28). The van der Waals surface area contributed by atoms with E-state index in [-0.39, 0.29) is 18.4 Å². The number of amides is 1. The first-order valence-electron chi connectivity index (χ1n) is 10.8. The zero-order chi connectivity index (χ0) is 22.1. The van der Waals surface area contributed by atoms with Crippen molar-refractivity contribution in [3.63, 3.8) is 0 Å². The van der Waals surface area contributed by atoms with Gasteiger partial charge in [0.2, 0.25) is 5.91 Å². The first-order chi connectivity index (χ1) is 14.9. The molecule has 1 saturated carbocycles. The van der Waals surface area contributed by atoms with E-state index in [4.69, 9.17) is 4.74 Å². The lowest BCUT2D eigenvalue weighted by molar-refractivity contribution is -0.136. The smallest absolute Gasteiger partial charge is 0.338 e. The van der Waals surface area contributed by atoms with Crippen molar-refractivity contribution in [3.05, 3.63) is 57.8 Å². The van der Waals surface area contributed by atoms with Crippen LogP contribution in [0.25, 0.3) is 0 Å². The predicted molar refractivity (Wildman–Crippen MR) is 123 cm³/mol. The van der Waals surface area contributed by atoms with Gasteiger partial charge >= 0.3 is 5.97 Å². The second kappa shape index (κ2) is 8.91. The maximum absolute atomic E-state index is 12.8. The van der Waals surface area contributed by atoms with Gasteiger partial charge in [-0.05, 0) is 48.1 Å². The second-order valence-electron chi connectivity index (χ2n) is 8.63. The molecule has 0 saturated heterocycles. The Labute approximate surface area is 187 Å². The van der Waals surface area contributed by atoms with E-state index in [0.717, 1.165) is 23.0 Å². The van der Waals surface area contributed by atoms with Crippen molar-refractivity contribution < 1.29 is 14.3 Å². The van der Waals surface area contributed by atoms with Crippen LogP contribution in [0.5, 0.6) is 0 Å². The first kappa shape index (κ1) is 21.7. The van der Waals surface area contributed by atoms with Crippen LogP contribution in [0.2, 0.25) is 0 Å². The Morgan fingerprint density at radius 1 is 1.26 bits per heavy atom. The van der Waals surface area contributed by atoms with Gasteiger partial charge in [0.25, 0.3) is 0 Å². The maximum atomic E-state index is 12.8. The summed E-state index contributed by atoms with van der Waals surface area (Å²) in [6.45, 7) is 6.89. The number of hydrogen-bond acceptors (Lipinski definition) is 6. The van der Waals surface area contributed by atoms with E-state index >= 15 is 0 Å². The number of carbonyl (C=O) groups excluding carboxylic acids is 2. The highest BCUT2D eigenvalue weighted by Gasteiger charge is 2.41. The molecule has 0 radical (unpaired) electrons. The largest absolute Gasteiger partial charge is 0.466 e. The number of aliphatic imine (C=N–C) groups is 1. The molecule has 1 atom stereocenters. The number of amidine groups is 1. The molecular weight excluding hydrogens is 410 g/mol. The summed E-state index contributed by atoms with van der Waals surface area (Å²) in [7, 11) is 1.39. The molecule has 4 rings (SSSR count). The number of nitrogens with one attached hydrogen (secondary N) is 1. The third-order valence-electron chi connectivity index (χ3n) is 5.95. The van der Waals surface area contributed by atoms with E-state index in [1.807, 2.05) is 17.2 Å². The van der Waals surface area contributed by atoms with Crippen LogP contribution in [-0.2, 0) is 14.3 Å². The van der Waals surface area contributed by atoms with Gasteiger partial charge in [0.05, 0.1) is 30.8 Å². The van der Waals surface area contributed by atoms with E-state index < -0.39 is 5.97 Å². The monoisotopic (exact) mass is 439 g/mol. The number of methoxy groups -OCH3 is 1. The lowest BCUT2D eigenvalue weighted by Crippen LogP contribution is -2.38. The molecule has 2 heterocycles. The quantitative estimate of drug-likeness (QED) is 0.635. The summed E-state index contributed by atoms with van der Waals surface area (Å²) in [5, 5.41) is 5.79. The highest BCUT2D eigenvalue weighted by molar-refractivity contribution is 8.16. The zero-order valence-electron chi connectivity index (χ0n) is 18.5. The van der Waals surface area contributed by atoms with Crippen LogP contribution in [0, 0.1) is 5.92 Å². The Kier molecular flexibility index (Phi) is 6.23. The number of nitrogens with zero attached hydrogens (tertiary/aromatic N) is 2. The number of allylic oxidation sites excluding steroid dienone is 1. The van der Waals surface area contributed by atoms with Crippen molar-refractivity contribution in [2.75, 3.05) is 13.7 Å². The third-order valence-corrected chi connectivity index (χ3v) is 6.84. The van der Waals surface area contributed by atoms with Crippen LogP contribution in [0.1, 0.15) is 63.1 Å². The zero-order valence-corrected chi connectivity index (χ0v) is 19.3. The van der Waals surface area contributed by atoms with Crippen LogP contribution < -0.4 is 5.32 Å². The summed E-state index contributed by atoms with van der Waals surface area (Å²) in [6.07, 6.45) is 2.65. The van der Waals surface area contributed by atoms with Crippen LogP contribution in [-0.4, -0.2) is 35.6 Å². The van der Waals surface area contributed by atoms with E-state index in [2.05, 4.69) is 48.4 Å². The van der Waals surface area contributed by atoms with Gasteiger partial charge in [-0.15, -0.1) is 0 Å². The van der Waals surface area contributed by atoms with Gasteiger partial charge < -0.3 is 15.0 Å². The van der Waals surface area contributed by atoms with Crippen molar-refractivity contribution in [2.24, 2.45) is 10.9 Å². The fourth-order valence-corrected chi connectivity index (χ4v) is 4.89. The first-order valence-corrected chi connectivity index (χ1v) is 11.7. The average Bonchev–Trinajstić information content (AvgIpc) is 3.51. The molecule has 1 aromatic rings. The summed E-state index contributed by atoms with van der Waals surface area (Å²) >= 11 is 1.49. The molecule has 6 nitrogen and oxygen atoms in total. The van der Waals surface area contributed by atoms with Gasteiger partial charge in [-0.25, -0.2) is 9.79 Å². The second-order valence-corrected chi connectivity index (χ2v) is 9.47. The van der Waals surface area contributed by atoms with Gasteiger partial charge in [-0.2, -0.15) is 0 Å². The summed E-state index contributed by atoms with van der Waals surface area (Å²) in [5.41, 5.74) is 4.22. The Bertz CT molecular complexity index is 974. The summed E-state index contributed by atoms with van der Waals surface area (Å²) in [5.74, 6) is 0.655. The minimum Gasteiger partial charge on any atom is -0.466 e. The number of rotatable bonds is 7. The molecule has 0 bridgehead atoms. The molecule has 7 heteroatoms. The summed E-state index contributed by atoms with van der Waals surface area (Å²) in [4.78, 5) is 32.0. The highest BCUT2D eigenvalue weighted by atomic mass is 32.2. The van der Waals surface area contributed by atoms with E-state index in [0.29, 0.717) is 23.1 Å². The highest BCUT2D eigenvalue weighted by Crippen LogP contribution is 2.45. The number of thioether (sulfide) groups is 1. The van der Waals surface area contributed by atoms with Crippen LogP contribution >= 0.6 is 11.8 Å².